The van der Waals surface area contributed by atoms with Crippen molar-refractivity contribution in [3.8, 4) is 0 Å². The van der Waals surface area contributed by atoms with E-state index in [0.717, 1.165) is 18.4 Å². The fourth-order valence-corrected chi connectivity index (χ4v) is 3.00. The molecular weight excluding hydrogens is 264 g/mol. The van der Waals surface area contributed by atoms with Crippen LogP contribution in [0, 0.1) is 0 Å². The smallest absolute Gasteiger partial charge is 0.0933 e. The van der Waals surface area contributed by atoms with Gasteiger partial charge in [-0.2, -0.15) is 0 Å². The average Bonchev–Trinajstić information content (AvgIpc) is 2.43. The van der Waals surface area contributed by atoms with Crippen LogP contribution in [0.25, 0.3) is 0 Å². The molecule has 0 radical (unpaired) electrons. The van der Waals surface area contributed by atoms with Crippen molar-refractivity contribution in [2.24, 2.45) is 5.84 Å². The number of nitrogens with two attached hydrogens (primary N) is 1. The Labute approximate surface area is 119 Å². The Bertz CT molecular complexity index is 403. The highest BCUT2D eigenvalue weighted by Crippen LogP contribution is 2.39. The van der Waals surface area contributed by atoms with Gasteiger partial charge in [-0.1, -0.05) is 29.8 Å². The molecule has 3 N–H and O–H groups in total. The van der Waals surface area contributed by atoms with Crippen molar-refractivity contribution in [2.45, 2.75) is 31.4 Å². The van der Waals surface area contributed by atoms with Gasteiger partial charge in [-0.3, -0.25) is 11.3 Å². The van der Waals surface area contributed by atoms with Gasteiger partial charge < -0.3 is 9.47 Å². The minimum Gasteiger partial charge on any atom is -0.381 e. The van der Waals surface area contributed by atoms with E-state index in [2.05, 4.69) is 5.43 Å². The van der Waals surface area contributed by atoms with Gasteiger partial charge in [0, 0.05) is 37.7 Å². The summed E-state index contributed by atoms with van der Waals surface area (Å²) in [5.74, 6) is 5.79. The van der Waals surface area contributed by atoms with E-state index in [1.807, 2.05) is 31.2 Å². The van der Waals surface area contributed by atoms with Crippen LogP contribution >= 0.6 is 11.6 Å². The molecule has 1 aromatic rings. The molecule has 2 rings (SSSR count). The third kappa shape index (κ3) is 3.09. The van der Waals surface area contributed by atoms with Crippen molar-refractivity contribution in [1.29, 1.82) is 0 Å². The molecule has 1 aliphatic heterocycles. The van der Waals surface area contributed by atoms with Crippen molar-refractivity contribution < 1.29 is 9.47 Å². The molecule has 5 heteroatoms. The second-order valence-corrected chi connectivity index (χ2v) is 5.14. The summed E-state index contributed by atoms with van der Waals surface area (Å²) in [6.07, 6.45) is 1.61. The van der Waals surface area contributed by atoms with E-state index >= 15 is 0 Å². The Morgan fingerprint density at radius 1 is 1.42 bits per heavy atom. The van der Waals surface area contributed by atoms with Crippen molar-refractivity contribution in [2.75, 3.05) is 19.8 Å². The first-order valence-corrected chi connectivity index (χ1v) is 7.03. The van der Waals surface area contributed by atoms with Crippen LogP contribution in [0.1, 0.15) is 31.4 Å². The fraction of sp³-hybridized carbons (Fsp3) is 0.571. The summed E-state index contributed by atoms with van der Waals surface area (Å²) in [5, 5.41) is 0.705. The van der Waals surface area contributed by atoms with Gasteiger partial charge in [0.25, 0.3) is 0 Å². The van der Waals surface area contributed by atoms with E-state index in [1.165, 1.54) is 0 Å². The standard InChI is InChI=1S/C14H21ClN2O2/c1-2-19-14(7-9-18-10-8-14)13(17-16)11-5-3-4-6-12(11)15/h3-6,13,17H,2,7-10,16H2,1H3. The van der Waals surface area contributed by atoms with Crippen LogP contribution in [-0.4, -0.2) is 25.4 Å². The molecule has 1 fully saturated rings. The molecule has 1 atom stereocenters. The van der Waals surface area contributed by atoms with Crippen LogP contribution in [0.3, 0.4) is 0 Å². The molecule has 19 heavy (non-hydrogen) atoms. The average molecular weight is 285 g/mol. The molecule has 1 aliphatic rings. The predicted molar refractivity (Wildman–Crippen MR) is 75.9 cm³/mol. The lowest BCUT2D eigenvalue weighted by Gasteiger charge is -2.43. The lowest BCUT2D eigenvalue weighted by molar-refractivity contribution is -0.128. The SMILES string of the molecule is CCOC1(C(NN)c2ccccc2Cl)CCOCC1. The quantitative estimate of drug-likeness (QED) is 0.644. The Morgan fingerprint density at radius 2 is 2.11 bits per heavy atom. The number of nitrogens with one attached hydrogen (secondary N) is 1. The maximum absolute atomic E-state index is 6.30. The number of halogens is 1. The lowest BCUT2D eigenvalue weighted by atomic mass is 9.82. The second-order valence-electron chi connectivity index (χ2n) is 4.73. The van der Waals surface area contributed by atoms with Crippen LogP contribution in [0.2, 0.25) is 5.02 Å². The lowest BCUT2D eigenvalue weighted by Crippen LogP contribution is -2.51. The third-order valence-electron chi connectivity index (χ3n) is 3.68. The van der Waals surface area contributed by atoms with Gasteiger partial charge in [-0.25, -0.2) is 0 Å². The molecule has 0 aromatic heterocycles. The van der Waals surface area contributed by atoms with E-state index in [4.69, 9.17) is 26.9 Å². The number of hydrazine groups is 1. The Balaban J connectivity index is 2.34. The minimum atomic E-state index is -0.354. The van der Waals surface area contributed by atoms with Gasteiger partial charge in [0.1, 0.15) is 0 Å². The molecule has 1 aromatic carbocycles. The number of benzene rings is 1. The molecule has 0 bridgehead atoms. The van der Waals surface area contributed by atoms with Crippen LogP contribution in [0.5, 0.6) is 0 Å². The molecule has 0 spiro atoms. The van der Waals surface area contributed by atoms with Crippen molar-refractivity contribution >= 4 is 11.6 Å². The Hall–Kier alpha value is -0.650. The number of rotatable bonds is 5. The summed E-state index contributed by atoms with van der Waals surface area (Å²) in [7, 11) is 0. The number of ether oxygens (including phenoxy) is 2. The van der Waals surface area contributed by atoms with E-state index in [1.54, 1.807) is 0 Å². The summed E-state index contributed by atoms with van der Waals surface area (Å²) in [6, 6.07) is 7.61. The Morgan fingerprint density at radius 3 is 2.68 bits per heavy atom. The molecule has 0 saturated carbocycles. The van der Waals surface area contributed by atoms with Crippen LogP contribution in [0.15, 0.2) is 24.3 Å². The molecule has 1 unspecified atom stereocenters. The summed E-state index contributed by atoms with van der Waals surface area (Å²) < 4.78 is 11.5. The third-order valence-corrected chi connectivity index (χ3v) is 4.02. The first-order chi connectivity index (χ1) is 9.23. The van der Waals surface area contributed by atoms with Crippen molar-refractivity contribution in [3.63, 3.8) is 0 Å². The van der Waals surface area contributed by atoms with Crippen LogP contribution in [0.4, 0.5) is 0 Å². The van der Waals surface area contributed by atoms with E-state index in [-0.39, 0.29) is 11.6 Å². The first kappa shape index (κ1) is 14.8. The monoisotopic (exact) mass is 284 g/mol. The molecule has 0 aliphatic carbocycles. The van der Waals surface area contributed by atoms with E-state index in [9.17, 15) is 0 Å². The fourth-order valence-electron chi connectivity index (χ4n) is 2.75. The summed E-state index contributed by atoms with van der Waals surface area (Å²) >= 11 is 6.30. The maximum atomic E-state index is 6.30. The first-order valence-electron chi connectivity index (χ1n) is 6.66. The van der Waals surface area contributed by atoms with Crippen LogP contribution < -0.4 is 11.3 Å². The second kappa shape index (κ2) is 6.68. The summed E-state index contributed by atoms with van der Waals surface area (Å²) in [6.45, 7) is 4.01. The van der Waals surface area contributed by atoms with E-state index < -0.39 is 0 Å². The topological polar surface area (TPSA) is 56.5 Å². The highest BCUT2D eigenvalue weighted by molar-refractivity contribution is 6.31. The molecule has 1 saturated heterocycles. The van der Waals surface area contributed by atoms with Crippen LogP contribution in [-0.2, 0) is 9.47 Å². The summed E-state index contributed by atoms with van der Waals surface area (Å²) in [4.78, 5) is 0. The zero-order chi connectivity index (χ0) is 13.7. The molecule has 0 amide bonds. The van der Waals surface area contributed by atoms with Crippen molar-refractivity contribution in [3.05, 3.63) is 34.9 Å². The van der Waals surface area contributed by atoms with Gasteiger partial charge in [-0.05, 0) is 18.6 Å². The molecular formula is C14H21ClN2O2. The van der Waals surface area contributed by atoms with Gasteiger partial charge in [0.05, 0.1) is 11.6 Å². The molecule has 1 heterocycles. The highest BCUT2D eigenvalue weighted by Gasteiger charge is 2.42. The van der Waals surface area contributed by atoms with Gasteiger partial charge in [-0.15, -0.1) is 0 Å². The highest BCUT2D eigenvalue weighted by atomic mass is 35.5. The minimum absolute atomic E-state index is 0.134. The summed E-state index contributed by atoms with van der Waals surface area (Å²) in [5.41, 5.74) is 3.51. The normalized spacial score (nSPS) is 20.2. The zero-order valence-electron chi connectivity index (χ0n) is 11.2. The predicted octanol–water partition coefficient (Wildman–Crippen LogP) is 2.43. The maximum Gasteiger partial charge on any atom is 0.0933 e. The van der Waals surface area contributed by atoms with E-state index in [0.29, 0.717) is 24.8 Å². The number of hydrogen-bond donors (Lipinski definition) is 2. The van der Waals surface area contributed by atoms with Gasteiger partial charge in [0.2, 0.25) is 0 Å². The van der Waals surface area contributed by atoms with Gasteiger partial charge >= 0.3 is 0 Å². The number of hydrogen-bond acceptors (Lipinski definition) is 4. The zero-order valence-corrected chi connectivity index (χ0v) is 12.0. The molecule has 4 nitrogen and oxygen atoms in total. The van der Waals surface area contributed by atoms with Crippen molar-refractivity contribution in [1.82, 2.24) is 5.43 Å². The largest absolute Gasteiger partial charge is 0.381 e. The molecule has 106 valence electrons. The Kier molecular flexibility index (Phi) is 5.19. The van der Waals surface area contributed by atoms with Gasteiger partial charge in [0.15, 0.2) is 0 Å².